The molecule has 0 spiro atoms. The number of aryl methyl sites for hydroxylation is 1. The molecule has 0 radical (unpaired) electrons. The van der Waals surface area contributed by atoms with E-state index >= 15 is 0 Å². The predicted molar refractivity (Wildman–Crippen MR) is 70.3 cm³/mol. The first kappa shape index (κ1) is 10.7. The molecule has 0 amide bonds. The van der Waals surface area contributed by atoms with Crippen LogP contribution in [0.2, 0.25) is 0 Å². The highest BCUT2D eigenvalue weighted by atomic mass is 32.1. The Morgan fingerprint density at radius 3 is 3.06 bits per heavy atom. The lowest BCUT2D eigenvalue weighted by Gasteiger charge is -2.18. The lowest BCUT2D eigenvalue weighted by atomic mass is 9.99. The fourth-order valence-electron chi connectivity index (χ4n) is 2.47. The monoisotopic (exact) mass is 245 g/mol. The normalized spacial score (nSPS) is 19.4. The molecule has 4 heteroatoms. The molecule has 88 valence electrons. The lowest BCUT2D eigenvalue weighted by Crippen LogP contribution is -2.10. The third kappa shape index (κ3) is 2.31. The maximum absolute atomic E-state index is 3.90. The number of anilines is 1. The average Bonchev–Trinajstić information content (AvgIpc) is 2.78. The van der Waals surface area contributed by atoms with Gasteiger partial charge in [0.05, 0.1) is 12.2 Å². The van der Waals surface area contributed by atoms with E-state index in [1.54, 1.807) is 6.20 Å². The molecule has 2 aromatic rings. The van der Waals surface area contributed by atoms with Crippen molar-refractivity contribution >= 4 is 16.5 Å². The maximum atomic E-state index is 3.90. The smallest absolute Gasteiger partial charge is 0.130 e. The number of nitrogens with one attached hydrogen (secondary N) is 1. The van der Waals surface area contributed by atoms with Crippen LogP contribution >= 0.6 is 11.5 Å². The Bertz CT molecular complexity index is 481. The van der Waals surface area contributed by atoms with E-state index in [2.05, 4.69) is 39.2 Å². The highest BCUT2D eigenvalue weighted by Crippen LogP contribution is 2.31. The van der Waals surface area contributed by atoms with E-state index in [4.69, 9.17) is 0 Å². The summed E-state index contributed by atoms with van der Waals surface area (Å²) in [6.45, 7) is 0. The summed E-state index contributed by atoms with van der Waals surface area (Å²) in [6, 6.07) is 9.17. The molecule has 1 atom stereocenters. The van der Waals surface area contributed by atoms with Crippen LogP contribution in [-0.4, -0.2) is 9.59 Å². The Hall–Kier alpha value is -1.42. The van der Waals surface area contributed by atoms with Crippen molar-refractivity contribution in [3.05, 3.63) is 41.6 Å². The van der Waals surface area contributed by atoms with Gasteiger partial charge in [-0.3, -0.25) is 0 Å². The average molecular weight is 245 g/mol. The van der Waals surface area contributed by atoms with Gasteiger partial charge in [-0.1, -0.05) is 35.2 Å². The number of hydrogen-bond donors (Lipinski definition) is 1. The Labute approximate surface area is 105 Å². The van der Waals surface area contributed by atoms with E-state index in [9.17, 15) is 0 Å². The van der Waals surface area contributed by atoms with Crippen molar-refractivity contribution in [1.29, 1.82) is 0 Å². The van der Waals surface area contributed by atoms with Gasteiger partial charge in [-0.2, -0.15) is 0 Å². The molecule has 1 unspecified atom stereocenters. The molecule has 0 saturated heterocycles. The summed E-state index contributed by atoms with van der Waals surface area (Å²) in [7, 11) is 0. The summed E-state index contributed by atoms with van der Waals surface area (Å²) in [5.41, 5.74) is 2.93. The molecule has 1 heterocycles. The van der Waals surface area contributed by atoms with Crippen LogP contribution in [0.25, 0.3) is 0 Å². The summed E-state index contributed by atoms with van der Waals surface area (Å²) < 4.78 is 3.90. The first-order valence-corrected chi connectivity index (χ1v) is 6.82. The van der Waals surface area contributed by atoms with E-state index in [0.717, 1.165) is 5.00 Å². The van der Waals surface area contributed by atoms with Crippen molar-refractivity contribution in [1.82, 2.24) is 9.59 Å². The lowest BCUT2D eigenvalue weighted by molar-refractivity contribution is 0.645. The van der Waals surface area contributed by atoms with E-state index in [0.29, 0.717) is 6.04 Å². The van der Waals surface area contributed by atoms with Crippen molar-refractivity contribution in [3.63, 3.8) is 0 Å². The molecule has 0 bridgehead atoms. The molecule has 0 aliphatic heterocycles. The number of aromatic nitrogens is 2. The second kappa shape index (κ2) is 4.84. The molecule has 1 N–H and O–H groups in total. The molecule has 1 aromatic heterocycles. The Kier molecular flexibility index (Phi) is 3.05. The molecule has 17 heavy (non-hydrogen) atoms. The minimum absolute atomic E-state index is 0.413. The van der Waals surface area contributed by atoms with Gasteiger partial charge in [-0.25, -0.2) is 0 Å². The molecule has 0 fully saturated rings. The van der Waals surface area contributed by atoms with Crippen molar-refractivity contribution in [2.45, 2.75) is 31.7 Å². The van der Waals surface area contributed by atoms with Crippen LogP contribution in [0, 0.1) is 0 Å². The van der Waals surface area contributed by atoms with Crippen LogP contribution in [0.15, 0.2) is 30.5 Å². The zero-order valence-electron chi connectivity index (χ0n) is 9.60. The van der Waals surface area contributed by atoms with Gasteiger partial charge in [0.2, 0.25) is 0 Å². The summed E-state index contributed by atoms with van der Waals surface area (Å²) in [5.74, 6) is 0. The van der Waals surface area contributed by atoms with Crippen LogP contribution in [-0.2, 0) is 6.42 Å². The van der Waals surface area contributed by atoms with E-state index in [1.807, 2.05) is 0 Å². The molecular formula is C13H15N3S. The van der Waals surface area contributed by atoms with Gasteiger partial charge in [0.1, 0.15) is 5.00 Å². The number of hydrogen-bond acceptors (Lipinski definition) is 4. The summed E-state index contributed by atoms with van der Waals surface area (Å²) >= 11 is 1.43. The highest BCUT2D eigenvalue weighted by molar-refractivity contribution is 7.09. The highest BCUT2D eigenvalue weighted by Gasteiger charge is 2.18. The number of fused-ring (bicyclic) bond motifs is 1. The minimum atomic E-state index is 0.413. The van der Waals surface area contributed by atoms with Crippen molar-refractivity contribution in [2.24, 2.45) is 0 Å². The van der Waals surface area contributed by atoms with Crippen molar-refractivity contribution in [2.75, 3.05) is 5.32 Å². The Morgan fingerprint density at radius 1 is 1.24 bits per heavy atom. The van der Waals surface area contributed by atoms with E-state index in [-0.39, 0.29) is 0 Å². The van der Waals surface area contributed by atoms with Gasteiger partial charge in [0.15, 0.2) is 0 Å². The van der Waals surface area contributed by atoms with Crippen LogP contribution in [0.1, 0.15) is 36.4 Å². The van der Waals surface area contributed by atoms with Gasteiger partial charge in [0, 0.05) is 11.5 Å². The van der Waals surface area contributed by atoms with Gasteiger partial charge in [-0.05, 0) is 30.4 Å². The maximum Gasteiger partial charge on any atom is 0.130 e. The predicted octanol–water partition coefficient (Wildman–Crippen LogP) is 3.42. The molecule has 3 rings (SSSR count). The van der Waals surface area contributed by atoms with Gasteiger partial charge in [0.25, 0.3) is 0 Å². The van der Waals surface area contributed by atoms with E-state index in [1.165, 1.54) is 48.3 Å². The zero-order valence-corrected chi connectivity index (χ0v) is 10.4. The van der Waals surface area contributed by atoms with Crippen molar-refractivity contribution < 1.29 is 0 Å². The quantitative estimate of drug-likeness (QED) is 0.824. The standard InChI is InChI=1S/C13H15N3S/c1-3-7-11-10(5-1)6-2-4-8-12(11)15-13-9-14-16-17-13/h1,3,5,7,9,12,15H,2,4,6,8H2. The molecule has 3 nitrogen and oxygen atoms in total. The molecule has 1 aliphatic carbocycles. The molecular weight excluding hydrogens is 230 g/mol. The molecule has 1 aliphatic rings. The van der Waals surface area contributed by atoms with Gasteiger partial charge < -0.3 is 5.32 Å². The Balaban J connectivity index is 1.89. The molecule has 1 aromatic carbocycles. The third-order valence-corrected chi connectivity index (χ3v) is 3.89. The Morgan fingerprint density at radius 2 is 2.18 bits per heavy atom. The summed E-state index contributed by atoms with van der Waals surface area (Å²) in [6.07, 6.45) is 6.76. The SMILES string of the molecule is c1ccc2c(c1)CCCCC2Nc1cnns1. The third-order valence-electron chi connectivity index (χ3n) is 3.30. The van der Waals surface area contributed by atoms with E-state index < -0.39 is 0 Å². The van der Waals surface area contributed by atoms with Crippen molar-refractivity contribution in [3.8, 4) is 0 Å². The molecule has 0 saturated carbocycles. The van der Waals surface area contributed by atoms with Crippen LogP contribution < -0.4 is 5.32 Å². The minimum Gasteiger partial charge on any atom is -0.368 e. The fourth-order valence-corrected chi connectivity index (χ4v) is 2.95. The van der Waals surface area contributed by atoms with Gasteiger partial charge >= 0.3 is 0 Å². The summed E-state index contributed by atoms with van der Waals surface area (Å²) in [4.78, 5) is 0. The number of benzene rings is 1. The second-order valence-electron chi connectivity index (χ2n) is 4.42. The summed E-state index contributed by atoms with van der Waals surface area (Å²) in [5, 5.41) is 8.49. The second-order valence-corrected chi connectivity index (χ2v) is 5.21. The largest absolute Gasteiger partial charge is 0.368 e. The first-order chi connectivity index (χ1) is 8.43. The fraction of sp³-hybridized carbons (Fsp3) is 0.385. The first-order valence-electron chi connectivity index (χ1n) is 6.05. The number of rotatable bonds is 2. The van der Waals surface area contributed by atoms with Gasteiger partial charge in [-0.15, -0.1) is 5.10 Å². The number of nitrogens with zero attached hydrogens (tertiary/aromatic N) is 2. The topological polar surface area (TPSA) is 37.8 Å². The van der Waals surface area contributed by atoms with Crippen LogP contribution in [0.4, 0.5) is 5.00 Å². The van der Waals surface area contributed by atoms with Crippen LogP contribution in [0.3, 0.4) is 0 Å². The zero-order chi connectivity index (χ0) is 11.5. The van der Waals surface area contributed by atoms with Crippen LogP contribution in [0.5, 0.6) is 0 Å².